The lowest BCUT2D eigenvalue weighted by molar-refractivity contribution is -0.140. The van der Waals surface area contributed by atoms with Crippen LogP contribution >= 0.6 is 0 Å². The number of aromatic nitrogens is 2. The third-order valence-electron chi connectivity index (χ3n) is 9.07. The van der Waals surface area contributed by atoms with E-state index >= 15 is 0 Å². The number of hydrogen-bond donors (Lipinski definition) is 4. The molecule has 15 heteroatoms. The average molecular weight is 776 g/mol. The zero-order valence-electron chi connectivity index (χ0n) is 32.7. The Kier molecular flexibility index (Phi) is 19.6. The van der Waals surface area contributed by atoms with Gasteiger partial charge in [-0.2, -0.15) is 0 Å². The van der Waals surface area contributed by atoms with Crippen molar-refractivity contribution in [3.05, 3.63) is 77.9 Å². The normalized spacial score (nSPS) is 13.2. The molecule has 4 N–H and O–H groups in total. The fourth-order valence-electron chi connectivity index (χ4n) is 5.81. The summed E-state index contributed by atoms with van der Waals surface area (Å²) < 4.78 is 33.4. The third kappa shape index (κ3) is 15.6. The standard InChI is InChI=1S/C41H57N7O8/c1-48(40(43)36-16-18-44-30-46-36)38(42)29-45-32-12-10-11-31(27-32)41(50)47-35-17-22-56-37-15-14-33(28-34(35)37)55-21-9-4-3-7-19-52-23-25-54-26-24-53-20-8-5-6-13-39(49)51-2/h10-12,14-16,18,27-28,30,35,42-43,45H,3-9,13,17,19-26,29H2,1-2H3,(H,47,50)/t35-/m1/s1. The molecule has 0 fully saturated rings. The van der Waals surface area contributed by atoms with E-state index in [0.29, 0.717) is 82.6 Å². The van der Waals surface area contributed by atoms with Gasteiger partial charge in [-0.25, -0.2) is 9.97 Å². The maximum Gasteiger partial charge on any atom is 0.305 e. The Balaban J connectivity index is 1.07. The number of nitrogens with zero attached hydrogens (tertiary/aromatic N) is 3. The van der Waals surface area contributed by atoms with Gasteiger partial charge >= 0.3 is 5.97 Å². The van der Waals surface area contributed by atoms with Crippen molar-refractivity contribution in [3.63, 3.8) is 0 Å². The lowest BCUT2D eigenvalue weighted by atomic mass is 9.99. The van der Waals surface area contributed by atoms with E-state index in [1.54, 1.807) is 37.5 Å². The van der Waals surface area contributed by atoms with Gasteiger partial charge in [-0.3, -0.25) is 20.4 Å². The molecule has 1 aliphatic heterocycles. The number of esters is 1. The number of nitrogens with one attached hydrogen (secondary N) is 4. The fraction of sp³-hybridized carbons (Fsp3) is 0.512. The summed E-state index contributed by atoms with van der Waals surface area (Å²) in [6, 6.07) is 14.3. The van der Waals surface area contributed by atoms with Gasteiger partial charge in [-0.05, 0) is 74.6 Å². The number of rotatable bonds is 26. The molecule has 4 rings (SSSR count). The minimum atomic E-state index is -0.235. The molecule has 15 nitrogen and oxygen atoms in total. The lowest BCUT2D eigenvalue weighted by Gasteiger charge is -2.27. The number of amidine groups is 2. The number of amides is 1. The Morgan fingerprint density at radius 1 is 0.875 bits per heavy atom. The minimum Gasteiger partial charge on any atom is -0.494 e. The van der Waals surface area contributed by atoms with E-state index in [1.807, 2.05) is 24.3 Å². The van der Waals surface area contributed by atoms with Crippen LogP contribution in [0.2, 0.25) is 0 Å². The van der Waals surface area contributed by atoms with Crippen molar-refractivity contribution in [2.24, 2.45) is 0 Å². The molecule has 1 atom stereocenters. The first kappa shape index (κ1) is 43.6. The molecule has 0 radical (unpaired) electrons. The first-order valence-corrected chi connectivity index (χ1v) is 19.4. The average Bonchev–Trinajstić information content (AvgIpc) is 3.23. The van der Waals surface area contributed by atoms with Crippen LogP contribution in [0.4, 0.5) is 5.69 Å². The SMILES string of the molecule is COC(=O)CCCCCOCCOCCOCCCCCCOc1ccc2c(c1)[C@H](NC(=O)c1cccc(NCC(=N)N(C)C(=N)c3ccncn3)c1)CCO2. The molecule has 0 bridgehead atoms. The van der Waals surface area contributed by atoms with E-state index in [1.165, 1.54) is 18.3 Å². The zero-order valence-corrected chi connectivity index (χ0v) is 32.7. The molecule has 0 aliphatic carbocycles. The smallest absolute Gasteiger partial charge is 0.305 e. The van der Waals surface area contributed by atoms with Crippen LogP contribution in [0.5, 0.6) is 11.5 Å². The summed E-state index contributed by atoms with van der Waals surface area (Å²) in [5, 5.41) is 23.1. The number of anilines is 1. The number of ether oxygens (including phenoxy) is 6. The second-order valence-electron chi connectivity index (χ2n) is 13.2. The maximum atomic E-state index is 13.4. The Hall–Kier alpha value is -5.12. The van der Waals surface area contributed by atoms with Crippen LogP contribution in [0.25, 0.3) is 0 Å². The van der Waals surface area contributed by atoms with Crippen molar-refractivity contribution in [2.75, 3.05) is 78.9 Å². The molecule has 2 aromatic carbocycles. The minimum absolute atomic E-state index is 0.0890. The Morgan fingerprint density at radius 2 is 1.59 bits per heavy atom. The van der Waals surface area contributed by atoms with Crippen LogP contribution in [0, 0.1) is 10.8 Å². The number of methoxy groups -OCH3 is 1. The number of carbonyl (C=O) groups excluding carboxylic acids is 2. The van der Waals surface area contributed by atoms with Crippen molar-refractivity contribution in [1.82, 2.24) is 20.2 Å². The molecule has 2 heterocycles. The first-order chi connectivity index (χ1) is 27.4. The molecule has 0 saturated heterocycles. The maximum absolute atomic E-state index is 13.4. The van der Waals surface area contributed by atoms with Gasteiger partial charge < -0.3 is 44.0 Å². The van der Waals surface area contributed by atoms with Gasteiger partial charge in [0.25, 0.3) is 5.91 Å². The van der Waals surface area contributed by atoms with Crippen molar-refractivity contribution in [2.45, 2.75) is 63.8 Å². The number of carbonyl (C=O) groups is 2. The monoisotopic (exact) mass is 775 g/mol. The summed E-state index contributed by atoms with van der Waals surface area (Å²) >= 11 is 0. The molecule has 3 aromatic rings. The lowest BCUT2D eigenvalue weighted by Crippen LogP contribution is -2.37. The molecule has 56 heavy (non-hydrogen) atoms. The van der Waals surface area contributed by atoms with Crippen molar-refractivity contribution >= 4 is 29.2 Å². The van der Waals surface area contributed by atoms with Gasteiger partial charge in [0, 0.05) is 56.1 Å². The molecule has 304 valence electrons. The number of unbranched alkanes of at least 4 members (excludes halogenated alkanes) is 5. The van der Waals surface area contributed by atoms with E-state index < -0.39 is 0 Å². The van der Waals surface area contributed by atoms with Crippen LogP contribution in [0.15, 0.2) is 61.1 Å². The zero-order chi connectivity index (χ0) is 39.8. The highest BCUT2D eigenvalue weighted by atomic mass is 16.5. The highest BCUT2D eigenvalue weighted by Crippen LogP contribution is 2.35. The molecular weight excluding hydrogens is 718 g/mol. The number of hydrogen-bond acceptors (Lipinski definition) is 13. The van der Waals surface area contributed by atoms with Crippen LogP contribution in [0.1, 0.15) is 85.4 Å². The summed E-state index contributed by atoms with van der Waals surface area (Å²) in [4.78, 5) is 33.9. The summed E-state index contributed by atoms with van der Waals surface area (Å²) in [5.74, 6) is 1.35. The molecule has 1 amide bonds. The van der Waals surface area contributed by atoms with E-state index in [-0.39, 0.29) is 36.1 Å². The van der Waals surface area contributed by atoms with Crippen LogP contribution in [0.3, 0.4) is 0 Å². The summed E-state index contributed by atoms with van der Waals surface area (Å²) in [6.45, 7) is 4.81. The second-order valence-corrected chi connectivity index (χ2v) is 13.2. The van der Waals surface area contributed by atoms with Gasteiger partial charge in [-0.15, -0.1) is 0 Å². The van der Waals surface area contributed by atoms with E-state index in [0.717, 1.165) is 62.0 Å². The Bertz CT molecular complexity index is 1660. The third-order valence-corrected chi connectivity index (χ3v) is 9.07. The fourth-order valence-corrected chi connectivity index (χ4v) is 5.81. The molecule has 0 unspecified atom stereocenters. The highest BCUT2D eigenvalue weighted by molar-refractivity contribution is 6.06. The first-order valence-electron chi connectivity index (χ1n) is 19.4. The van der Waals surface area contributed by atoms with Crippen molar-refractivity contribution in [1.29, 1.82) is 10.8 Å². The van der Waals surface area contributed by atoms with Crippen molar-refractivity contribution < 1.29 is 38.0 Å². The molecule has 1 aliphatic rings. The van der Waals surface area contributed by atoms with Crippen LogP contribution in [-0.4, -0.2) is 112 Å². The topological polar surface area (TPSA) is 190 Å². The van der Waals surface area contributed by atoms with Crippen LogP contribution in [-0.2, 0) is 23.7 Å². The van der Waals surface area contributed by atoms with Gasteiger partial charge in [0.05, 0.1) is 59.3 Å². The van der Waals surface area contributed by atoms with E-state index in [9.17, 15) is 9.59 Å². The summed E-state index contributed by atoms with van der Waals surface area (Å²) in [6.07, 6.45) is 10.7. The van der Waals surface area contributed by atoms with E-state index in [2.05, 4.69) is 25.3 Å². The van der Waals surface area contributed by atoms with Gasteiger partial charge in [0.15, 0.2) is 5.84 Å². The van der Waals surface area contributed by atoms with Gasteiger partial charge in [-0.1, -0.05) is 18.9 Å². The Labute approximate surface area is 329 Å². The predicted molar refractivity (Wildman–Crippen MR) is 213 cm³/mol. The number of likely N-dealkylation sites (N-methyl/N-ethyl adjacent to an activating group) is 1. The van der Waals surface area contributed by atoms with Crippen LogP contribution < -0.4 is 20.1 Å². The highest BCUT2D eigenvalue weighted by Gasteiger charge is 2.24. The summed E-state index contributed by atoms with van der Waals surface area (Å²) in [7, 11) is 3.05. The molecule has 0 spiro atoms. The van der Waals surface area contributed by atoms with E-state index in [4.69, 9.17) is 34.5 Å². The van der Waals surface area contributed by atoms with Gasteiger partial charge in [0.2, 0.25) is 0 Å². The molecular formula is C41H57N7O8. The Morgan fingerprint density at radius 3 is 2.30 bits per heavy atom. The van der Waals surface area contributed by atoms with Crippen molar-refractivity contribution in [3.8, 4) is 11.5 Å². The largest absolute Gasteiger partial charge is 0.494 e. The molecule has 0 saturated carbocycles. The number of benzene rings is 2. The predicted octanol–water partition coefficient (Wildman–Crippen LogP) is 5.80. The second kappa shape index (κ2) is 25.1. The molecule has 1 aromatic heterocycles. The summed E-state index contributed by atoms with van der Waals surface area (Å²) in [5.41, 5.74) is 2.48. The number of fused-ring (bicyclic) bond motifs is 1. The van der Waals surface area contributed by atoms with Gasteiger partial charge in [0.1, 0.15) is 29.4 Å². The quantitative estimate of drug-likeness (QED) is 0.0333.